The molecule has 0 heterocycles. The molecule has 3 fully saturated rings. The molecule has 47 heavy (non-hydrogen) atoms. The molecule has 0 aliphatic heterocycles. The number of hydrogen-bond acceptors (Lipinski definition) is 2. The third-order valence-electron chi connectivity index (χ3n) is 13.5. The molecule has 0 amide bonds. The Hall–Kier alpha value is -1.31. The second kappa shape index (κ2) is 19.2. The minimum absolute atomic E-state index is 0.00926. The number of allylic oxidation sites excluding steroid dienone is 5. The van der Waals surface area contributed by atoms with Gasteiger partial charge in [0.05, 0.1) is 0 Å². The summed E-state index contributed by atoms with van der Waals surface area (Å²) in [5, 5.41) is 0. The van der Waals surface area contributed by atoms with Crippen LogP contribution >= 0.6 is 0 Å². The van der Waals surface area contributed by atoms with Crippen molar-refractivity contribution < 1.29 is 19.1 Å². The molecule has 3 saturated carbocycles. The van der Waals surface area contributed by atoms with Crippen LogP contribution in [0.3, 0.4) is 0 Å². The van der Waals surface area contributed by atoms with Gasteiger partial charge < -0.3 is 4.74 Å². The van der Waals surface area contributed by atoms with Gasteiger partial charge in [0.25, 0.3) is 0 Å². The van der Waals surface area contributed by atoms with Crippen LogP contribution in [0.25, 0.3) is 0 Å². The van der Waals surface area contributed by atoms with Crippen LogP contribution in [-0.4, -0.2) is 12.1 Å². The summed E-state index contributed by atoms with van der Waals surface area (Å²) in [5.41, 5.74) is 1.95. The summed E-state index contributed by atoms with van der Waals surface area (Å²) in [4.78, 5) is 12.8. The number of rotatable bonds is 20. The molecule has 268 valence electrons. The van der Waals surface area contributed by atoms with Crippen LogP contribution in [0.15, 0.2) is 36.0 Å². The predicted octanol–water partition coefficient (Wildman–Crippen LogP) is 13.8. The molecule has 4 aliphatic rings. The van der Waals surface area contributed by atoms with Gasteiger partial charge in [0.1, 0.15) is 6.10 Å². The van der Waals surface area contributed by atoms with Gasteiger partial charge in [0, 0.05) is 22.4 Å². The van der Waals surface area contributed by atoms with Crippen LogP contribution in [0, 0.1) is 46.3 Å². The fourth-order valence-electron chi connectivity index (χ4n) is 10.8. The third kappa shape index (κ3) is 10.6. The second-order valence-electron chi connectivity index (χ2n) is 16.7. The number of unbranched alkanes of at least 4 members (excludes halogenated alkanes) is 8. The molecule has 2 nitrogen and oxygen atoms in total. The number of esters is 1. The molecular formula is C45H76O2. The zero-order valence-corrected chi connectivity index (χ0v) is 30.9. The highest BCUT2D eigenvalue weighted by molar-refractivity contribution is 5.69. The van der Waals surface area contributed by atoms with E-state index >= 15 is 0 Å². The van der Waals surface area contributed by atoms with Gasteiger partial charge in [0.15, 0.2) is 0 Å². The summed E-state index contributed by atoms with van der Waals surface area (Å²) in [5.74, 6) is 0.467. The lowest BCUT2D eigenvalue weighted by Gasteiger charge is -2.58. The quantitative estimate of drug-likeness (QED) is 0.0741. The largest absolute Gasteiger partial charge is 0.462 e. The fraction of sp³-hybridized carbons (Fsp3) is 0.844. The summed E-state index contributed by atoms with van der Waals surface area (Å²) in [7, 11) is 0. The van der Waals surface area contributed by atoms with Gasteiger partial charge in [-0.1, -0.05) is 129 Å². The van der Waals surface area contributed by atoms with Gasteiger partial charge in [-0.05, 0) is 130 Å². The normalized spacial score (nSPS) is 35.7. The van der Waals surface area contributed by atoms with Crippen LogP contribution < -0.4 is 0 Å². The zero-order chi connectivity index (χ0) is 39.6. The second-order valence-corrected chi connectivity index (χ2v) is 16.7. The van der Waals surface area contributed by atoms with Gasteiger partial charge in [-0.3, -0.25) is 4.79 Å². The maximum absolute atomic E-state index is 12.8. The van der Waals surface area contributed by atoms with E-state index in [4.69, 9.17) is 14.3 Å². The van der Waals surface area contributed by atoms with E-state index in [2.05, 4.69) is 58.1 Å². The highest BCUT2D eigenvalue weighted by Crippen LogP contribution is 2.67. The molecule has 2 heteroatoms. The molecule has 8 atom stereocenters. The van der Waals surface area contributed by atoms with Crippen LogP contribution in [0.5, 0.6) is 0 Å². The van der Waals surface area contributed by atoms with Crippen molar-refractivity contribution in [3.63, 3.8) is 0 Å². The van der Waals surface area contributed by atoms with Crippen molar-refractivity contribution in [1.29, 1.82) is 0 Å². The van der Waals surface area contributed by atoms with Gasteiger partial charge in [-0.2, -0.15) is 0 Å². The van der Waals surface area contributed by atoms with Crippen LogP contribution in [0.1, 0.15) is 199 Å². The number of fused-ring (bicyclic) bond motifs is 5. The van der Waals surface area contributed by atoms with E-state index in [1.165, 1.54) is 76.2 Å². The average Bonchev–Trinajstić information content (AvgIpc) is 3.46. The van der Waals surface area contributed by atoms with Gasteiger partial charge in [0.2, 0.25) is 0 Å². The van der Waals surface area contributed by atoms with E-state index in [9.17, 15) is 4.79 Å². The molecule has 4 aliphatic carbocycles. The van der Waals surface area contributed by atoms with Crippen molar-refractivity contribution in [2.75, 3.05) is 0 Å². The maximum atomic E-state index is 12.8. The summed E-state index contributed by atoms with van der Waals surface area (Å²) in [6, 6.07) is 0. The standard InChI is InChI=1S/C45H76O2/c1-7-8-9-10-11-12-13-14-15-16-17-18-19-20-21-25-43(46)47-38-30-32-44(5)37(34-38)26-27-39-41-29-28-40(36(4)24-22-23-35(2)3)45(41,6)33-31-42(39)44/h11-12,14-15,26,35-36,38-42H,7-10,13,16-25,27-34H2,1-6H3/b12-11-,15-14-/t36-,38+,39+,40-,41+,42+,44+,45-/m1/s1/i2D3,3D3,35D. The summed E-state index contributed by atoms with van der Waals surface area (Å²) in [6.45, 7) is 3.85. The Labute approximate surface area is 302 Å². The predicted molar refractivity (Wildman–Crippen MR) is 202 cm³/mol. The molecule has 0 radical (unpaired) electrons. The lowest BCUT2D eigenvalue weighted by Crippen LogP contribution is -2.51. The minimum atomic E-state index is -2.84. The highest BCUT2D eigenvalue weighted by Gasteiger charge is 2.59. The Balaban J connectivity index is 1.17. The minimum Gasteiger partial charge on any atom is -0.462 e. The molecule has 0 N–H and O–H groups in total. The first-order valence-electron chi connectivity index (χ1n) is 23.7. The summed E-state index contributed by atoms with van der Waals surface area (Å²) >= 11 is 0. The topological polar surface area (TPSA) is 26.3 Å². The molecule has 0 spiro atoms. The van der Waals surface area contributed by atoms with Crippen molar-refractivity contribution in [2.24, 2.45) is 46.3 Å². The molecule has 0 aromatic rings. The van der Waals surface area contributed by atoms with E-state index in [0.29, 0.717) is 42.4 Å². The van der Waals surface area contributed by atoms with Gasteiger partial charge in [-0.25, -0.2) is 0 Å². The van der Waals surface area contributed by atoms with Crippen molar-refractivity contribution in [3.05, 3.63) is 36.0 Å². The molecule has 0 aromatic heterocycles. The Morgan fingerprint density at radius 1 is 0.915 bits per heavy atom. The van der Waals surface area contributed by atoms with Crippen molar-refractivity contribution >= 4 is 5.97 Å². The van der Waals surface area contributed by atoms with Crippen molar-refractivity contribution in [3.8, 4) is 0 Å². The van der Waals surface area contributed by atoms with Crippen LogP contribution in [0.4, 0.5) is 0 Å². The van der Waals surface area contributed by atoms with E-state index < -0.39 is 19.6 Å². The number of ether oxygens (including phenoxy) is 1. The smallest absolute Gasteiger partial charge is 0.306 e. The van der Waals surface area contributed by atoms with Crippen LogP contribution in [0.2, 0.25) is 0 Å². The zero-order valence-electron chi connectivity index (χ0n) is 37.9. The van der Waals surface area contributed by atoms with E-state index in [1.54, 1.807) is 0 Å². The fourth-order valence-corrected chi connectivity index (χ4v) is 10.8. The Morgan fingerprint density at radius 2 is 1.66 bits per heavy atom. The average molecular weight is 656 g/mol. The van der Waals surface area contributed by atoms with Gasteiger partial charge >= 0.3 is 5.97 Å². The van der Waals surface area contributed by atoms with Gasteiger partial charge in [-0.15, -0.1) is 0 Å². The first-order valence-corrected chi connectivity index (χ1v) is 20.2. The third-order valence-corrected chi connectivity index (χ3v) is 13.5. The Kier molecular flexibility index (Phi) is 12.0. The molecule has 0 unspecified atom stereocenters. The molecule has 4 rings (SSSR count). The number of hydrogen-bond donors (Lipinski definition) is 0. The lowest BCUT2D eigenvalue weighted by molar-refractivity contribution is -0.151. The number of carbonyl (C=O) groups excluding carboxylic acids is 1. The van der Waals surface area contributed by atoms with Crippen molar-refractivity contribution in [1.82, 2.24) is 0 Å². The summed E-state index contributed by atoms with van der Waals surface area (Å²) < 4.78 is 61.3. The summed E-state index contributed by atoms with van der Waals surface area (Å²) in [6.07, 6.45) is 35.2. The van der Waals surface area contributed by atoms with E-state index in [0.717, 1.165) is 57.8 Å². The Morgan fingerprint density at radius 3 is 2.43 bits per heavy atom. The highest BCUT2D eigenvalue weighted by atomic mass is 16.5. The molecule has 0 aromatic carbocycles. The van der Waals surface area contributed by atoms with E-state index in [-0.39, 0.29) is 29.3 Å². The molecule has 0 saturated heterocycles. The number of carbonyl (C=O) groups is 1. The molecular weight excluding hydrogens is 572 g/mol. The van der Waals surface area contributed by atoms with E-state index in [1.807, 2.05) is 0 Å². The lowest BCUT2D eigenvalue weighted by atomic mass is 9.47. The monoisotopic (exact) mass is 656 g/mol. The molecule has 0 bridgehead atoms. The SMILES string of the molecule is [2H]C([2H])([2H])C([2H])(CCC[C@@H](C)[C@H]1CC[C@H]2[C@@H]3CC=C4C[C@@H](OC(=O)CCCCCCC/C=C\C/C=C\CCCCC)CC[C@]4(C)[C@H]3CC[C@]12C)C([2H])([2H])[2H]. The van der Waals surface area contributed by atoms with Crippen LogP contribution in [-0.2, 0) is 9.53 Å². The Bertz CT molecular complexity index is 1250. The maximum Gasteiger partial charge on any atom is 0.306 e. The first kappa shape index (κ1) is 29.4. The first-order chi connectivity index (χ1) is 25.5. The van der Waals surface area contributed by atoms with Crippen molar-refractivity contribution in [2.45, 2.75) is 195 Å².